The van der Waals surface area contributed by atoms with E-state index in [1.54, 1.807) is 0 Å². The van der Waals surface area contributed by atoms with Gasteiger partial charge in [0.15, 0.2) is 11.7 Å². The molecule has 0 bridgehead atoms. The molecule has 3 rings (SSSR count). The lowest BCUT2D eigenvalue weighted by molar-refractivity contribution is 0.206. The quantitative estimate of drug-likeness (QED) is 0.345. The van der Waals surface area contributed by atoms with Gasteiger partial charge in [0.25, 0.3) is 0 Å². The van der Waals surface area contributed by atoms with E-state index >= 15 is 0 Å². The zero-order valence-electron chi connectivity index (χ0n) is 16.9. The van der Waals surface area contributed by atoms with Crippen LogP contribution in [0.2, 0.25) is 0 Å². The maximum absolute atomic E-state index is 5.46. The number of guanidine groups is 1. The minimum atomic E-state index is 0. The van der Waals surface area contributed by atoms with Crippen LogP contribution in [0.15, 0.2) is 45.9 Å². The summed E-state index contributed by atoms with van der Waals surface area (Å²) in [5.74, 6) is 1.64. The Morgan fingerprint density at radius 2 is 1.96 bits per heavy atom. The molecule has 2 aromatic rings. The number of aromatic nitrogens is 1. The van der Waals surface area contributed by atoms with Crippen molar-refractivity contribution < 1.29 is 4.52 Å². The monoisotopic (exact) mass is 497 g/mol. The third-order valence-electron chi connectivity index (χ3n) is 4.83. The first-order valence-electron chi connectivity index (χ1n) is 10.1. The van der Waals surface area contributed by atoms with Gasteiger partial charge < -0.3 is 20.1 Å². The highest BCUT2D eigenvalue weighted by Gasteiger charge is 2.19. The van der Waals surface area contributed by atoms with Gasteiger partial charge in [-0.1, -0.05) is 42.4 Å². The first-order valence-corrected chi connectivity index (χ1v) is 10.1. The molecule has 0 atom stereocenters. The number of hydrogen-bond acceptors (Lipinski definition) is 4. The Hall–Kier alpha value is -1.61. The fourth-order valence-electron chi connectivity index (χ4n) is 3.42. The summed E-state index contributed by atoms with van der Waals surface area (Å²) in [5.41, 5.74) is 1.87. The molecule has 2 heterocycles. The Labute approximate surface area is 185 Å². The molecule has 7 heteroatoms. The van der Waals surface area contributed by atoms with E-state index in [2.05, 4.69) is 34.5 Å². The lowest BCUT2D eigenvalue weighted by Crippen LogP contribution is -2.48. The molecule has 6 nitrogen and oxygen atoms in total. The van der Waals surface area contributed by atoms with Gasteiger partial charge in [-0.25, -0.2) is 4.99 Å². The van der Waals surface area contributed by atoms with Crippen molar-refractivity contribution in [1.29, 1.82) is 0 Å². The number of nitrogens with zero attached hydrogens (tertiary/aromatic N) is 3. The molecule has 28 heavy (non-hydrogen) atoms. The Balaban J connectivity index is 0.00000280. The van der Waals surface area contributed by atoms with E-state index in [9.17, 15) is 0 Å². The summed E-state index contributed by atoms with van der Waals surface area (Å²) in [6.45, 7) is 9.20. The zero-order valence-corrected chi connectivity index (χ0v) is 19.2. The number of rotatable bonds is 7. The molecule has 0 saturated carbocycles. The Morgan fingerprint density at radius 1 is 1.21 bits per heavy atom. The van der Waals surface area contributed by atoms with Crippen LogP contribution >= 0.6 is 24.0 Å². The minimum absolute atomic E-state index is 0. The lowest BCUT2D eigenvalue weighted by atomic mass is 10.1. The Morgan fingerprint density at radius 3 is 2.64 bits per heavy atom. The largest absolute Gasteiger partial charge is 0.357 e. The lowest BCUT2D eigenvalue weighted by Gasteiger charge is -2.32. The third kappa shape index (κ3) is 6.77. The average Bonchev–Trinajstić information content (AvgIpc) is 3.18. The molecular weight excluding hydrogens is 465 g/mol. The van der Waals surface area contributed by atoms with Crippen molar-refractivity contribution in [3.05, 3.63) is 42.1 Å². The van der Waals surface area contributed by atoms with Crippen molar-refractivity contribution in [3.8, 4) is 11.3 Å². The maximum Gasteiger partial charge on any atom is 0.191 e. The molecule has 2 N–H and O–H groups in total. The summed E-state index contributed by atoms with van der Waals surface area (Å²) < 4.78 is 5.46. The van der Waals surface area contributed by atoms with Crippen LogP contribution in [0.5, 0.6) is 0 Å². The van der Waals surface area contributed by atoms with E-state index in [0.29, 0.717) is 12.6 Å². The predicted molar refractivity (Wildman–Crippen MR) is 125 cm³/mol. The number of nitrogens with one attached hydrogen (secondary N) is 2. The fraction of sp³-hybridized carbons (Fsp3) is 0.524. The minimum Gasteiger partial charge on any atom is -0.357 e. The van der Waals surface area contributed by atoms with E-state index in [0.717, 1.165) is 55.5 Å². The first-order chi connectivity index (χ1) is 13.3. The van der Waals surface area contributed by atoms with Gasteiger partial charge in [-0.15, -0.1) is 24.0 Å². The summed E-state index contributed by atoms with van der Waals surface area (Å²) in [6, 6.07) is 12.5. The highest BCUT2D eigenvalue weighted by atomic mass is 127. The van der Waals surface area contributed by atoms with Gasteiger partial charge in [0.2, 0.25) is 0 Å². The Kier molecular flexibility index (Phi) is 9.77. The van der Waals surface area contributed by atoms with Gasteiger partial charge in [0.1, 0.15) is 5.69 Å². The summed E-state index contributed by atoms with van der Waals surface area (Å²) >= 11 is 0. The number of piperidine rings is 1. The Bertz CT molecular complexity index is 711. The van der Waals surface area contributed by atoms with Crippen LogP contribution in [0.25, 0.3) is 11.3 Å². The average molecular weight is 497 g/mol. The molecule has 0 radical (unpaired) electrons. The number of benzene rings is 1. The number of aliphatic imine (C=N–C) groups is 1. The van der Waals surface area contributed by atoms with Gasteiger partial charge in [-0.2, -0.15) is 0 Å². The van der Waals surface area contributed by atoms with Gasteiger partial charge in [-0.3, -0.25) is 0 Å². The molecule has 154 valence electrons. The molecule has 1 aliphatic heterocycles. The second-order valence-electron chi connectivity index (χ2n) is 7.00. The molecule has 0 unspecified atom stereocenters. The smallest absolute Gasteiger partial charge is 0.191 e. The van der Waals surface area contributed by atoms with Crippen LogP contribution in [-0.4, -0.2) is 48.2 Å². The van der Waals surface area contributed by atoms with E-state index in [1.807, 2.05) is 36.4 Å². The van der Waals surface area contributed by atoms with E-state index in [-0.39, 0.29) is 24.0 Å². The van der Waals surface area contributed by atoms with Crippen LogP contribution in [0.3, 0.4) is 0 Å². The maximum atomic E-state index is 5.46. The molecule has 0 spiro atoms. The second-order valence-corrected chi connectivity index (χ2v) is 7.00. The highest BCUT2D eigenvalue weighted by Crippen LogP contribution is 2.20. The normalized spacial score (nSPS) is 15.9. The topological polar surface area (TPSA) is 65.7 Å². The van der Waals surface area contributed by atoms with Crippen molar-refractivity contribution in [2.75, 3.05) is 26.2 Å². The van der Waals surface area contributed by atoms with Crippen molar-refractivity contribution in [2.24, 2.45) is 4.99 Å². The van der Waals surface area contributed by atoms with Crippen molar-refractivity contribution in [1.82, 2.24) is 20.7 Å². The molecule has 1 aromatic heterocycles. The van der Waals surface area contributed by atoms with Crippen molar-refractivity contribution in [3.63, 3.8) is 0 Å². The standard InChI is InChI=1S/C21H31N5O.HI/c1-3-12-26-13-10-18(11-14-26)24-21(22-4-2)23-16-19-15-20(27-25-19)17-8-6-5-7-9-17;/h5-9,15,18H,3-4,10-14,16H2,1-2H3,(H2,22,23,24);1H. The zero-order chi connectivity index (χ0) is 18.9. The molecule has 1 aliphatic rings. The molecule has 1 fully saturated rings. The summed E-state index contributed by atoms with van der Waals surface area (Å²) in [6.07, 6.45) is 3.55. The first kappa shape index (κ1) is 22.7. The van der Waals surface area contributed by atoms with Gasteiger partial charge in [0.05, 0.1) is 6.54 Å². The molecule has 1 aromatic carbocycles. The van der Waals surface area contributed by atoms with E-state index in [1.165, 1.54) is 13.0 Å². The molecule has 1 saturated heterocycles. The van der Waals surface area contributed by atoms with Crippen LogP contribution in [0, 0.1) is 0 Å². The van der Waals surface area contributed by atoms with E-state index < -0.39 is 0 Å². The molecule has 0 aliphatic carbocycles. The van der Waals surface area contributed by atoms with Crippen LogP contribution in [0.1, 0.15) is 38.8 Å². The number of hydrogen-bond donors (Lipinski definition) is 2. The predicted octanol–water partition coefficient (Wildman–Crippen LogP) is 3.89. The highest BCUT2D eigenvalue weighted by molar-refractivity contribution is 14.0. The summed E-state index contributed by atoms with van der Waals surface area (Å²) in [7, 11) is 0. The summed E-state index contributed by atoms with van der Waals surface area (Å²) in [5, 5.41) is 11.1. The van der Waals surface area contributed by atoms with Gasteiger partial charge >= 0.3 is 0 Å². The van der Waals surface area contributed by atoms with Crippen molar-refractivity contribution >= 4 is 29.9 Å². The van der Waals surface area contributed by atoms with Crippen LogP contribution in [-0.2, 0) is 6.54 Å². The van der Waals surface area contributed by atoms with Crippen molar-refractivity contribution in [2.45, 2.75) is 45.7 Å². The molecular formula is C21H32IN5O. The van der Waals surface area contributed by atoms with Gasteiger partial charge in [0, 0.05) is 37.3 Å². The van der Waals surface area contributed by atoms with Crippen LogP contribution in [0.4, 0.5) is 0 Å². The van der Waals surface area contributed by atoms with Crippen LogP contribution < -0.4 is 10.6 Å². The summed E-state index contributed by atoms with van der Waals surface area (Å²) in [4.78, 5) is 7.24. The number of halogens is 1. The van der Waals surface area contributed by atoms with Gasteiger partial charge in [-0.05, 0) is 32.7 Å². The van der Waals surface area contributed by atoms with E-state index in [4.69, 9.17) is 9.52 Å². The number of likely N-dealkylation sites (tertiary alicyclic amines) is 1. The SMILES string of the molecule is CCCN1CCC(NC(=NCc2cc(-c3ccccc3)on2)NCC)CC1.I. The second kappa shape index (κ2) is 12.1. The third-order valence-corrected chi connectivity index (χ3v) is 4.83. The fourth-order valence-corrected chi connectivity index (χ4v) is 3.42. The molecule has 0 amide bonds.